The van der Waals surface area contributed by atoms with E-state index in [4.69, 9.17) is 0 Å². The molecule has 0 radical (unpaired) electrons. The van der Waals surface area contributed by atoms with Crippen LogP contribution in [-0.4, -0.2) is 9.55 Å². The molecule has 3 nitrogen and oxygen atoms in total. The van der Waals surface area contributed by atoms with Crippen molar-refractivity contribution in [3.8, 4) is 0 Å². The zero-order valence-electron chi connectivity index (χ0n) is 10.2. The Hall–Kier alpha value is -2.16. The summed E-state index contributed by atoms with van der Waals surface area (Å²) in [5.74, 6) is 1.02. The third-order valence-electron chi connectivity index (χ3n) is 3.33. The van der Waals surface area contributed by atoms with Crippen LogP contribution in [0.25, 0.3) is 10.9 Å². The van der Waals surface area contributed by atoms with E-state index in [2.05, 4.69) is 17.1 Å². The van der Waals surface area contributed by atoms with Crippen LogP contribution in [0.4, 0.5) is 0 Å². The predicted molar refractivity (Wildman–Crippen MR) is 72.6 cm³/mol. The van der Waals surface area contributed by atoms with Crippen LogP contribution in [0.1, 0.15) is 18.2 Å². The molecule has 0 saturated carbocycles. The molecule has 3 rings (SSSR count). The quantitative estimate of drug-likeness (QED) is 0.765. The number of aromatic nitrogens is 2. The Kier molecular flexibility index (Phi) is 2.59. The molecule has 0 aliphatic heterocycles. The summed E-state index contributed by atoms with van der Waals surface area (Å²) >= 11 is 0. The van der Waals surface area contributed by atoms with Crippen LogP contribution in [0, 0.1) is 0 Å². The van der Waals surface area contributed by atoms with Gasteiger partial charge in [0.15, 0.2) is 0 Å². The van der Waals surface area contributed by atoms with Gasteiger partial charge in [-0.3, -0.25) is 9.36 Å². The average Bonchev–Trinajstić information content (AvgIpc) is 2.44. The number of fused-ring (bicyclic) bond motifs is 1. The standard InChI is InChI=1S/C15H14N2O/c1-17-14(11-7-3-2-4-8-11)16-13-10-6-5-9-12(13)15(17)18/h2-7,9-11H,8H2,1H3. The van der Waals surface area contributed by atoms with Crippen molar-refractivity contribution in [2.45, 2.75) is 12.3 Å². The SMILES string of the molecule is Cn1c(C2C=CC=CC2)nc2ccccc2c1=O. The summed E-state index contributed by atoms with van der Waals surface area (Å²) < 4.78 is 1.66. The lowest BCUT2D eigenvalue weighted by Crippen LogP contribution is -2.24. The molecule has 0 fully saturated rings. The number of allylic oxidation sites excluding steroid dienone is 4. The minimum absolute atomic E-state index is 0.0264. The Labute approximate surface area is 105 Å². The highest BCUT2D eigenvalue weighted by atomic mass is 16.1. The van der Waals surface area contributed by atoms with Crippen LogP contribution in [0.2, 0.25) is 0 Å². The van der Waals surface area contributed by atoms with Crippen LogP contribution in [-0.2, 0) is 7.05 Å². The van der Waals surface area contributed by atoms with Crippen LogP contribution in [0.5, 0.6) is 0 Å². The molecule has 1 aliphatic carbocycles. The number of hydrogen-bond donors (Lipinski definition) is 0. The number of rotatable bonds is 1. The van der Waals surface area contributed by atoms with Crippen molar-refractivity contribution in [3.05, 3.63) is 64.7 Å². The maximum Gasteiger partial charge on any atom is 0.261 e. The van der Waals surface area contributed by atoms with E-state index < -0.39 is 0 Å². The van der Waals surface area contributed by atoms with Gasteiger partial charge in [0, 0.05) is 13.0 Å². The Morgan fingerprint density at radius 1 is 1.28 bits per heavy atom. The molecule has 18 heavy (non-hydrogen) atoms. The smallest absolute Gasteiger partial charge is 0.261 e. The van der Waals surface area contributed by atoms with E-state index in [1.165, 1.54) is 0 Å². The molecule has 90 valence electrons. The zero-order chi connectivity index (χ0) is 12.5. The second-order valence-corrected chi connectivity index (χ2v) is 4.51. The Morgan fingerprint density at radius 3 is 2.89 bits per heavy atom. The monoisotopic (exact) mass is 238 g/mol. The van der Waals surface area contributed by atoms with E-state index in [1.807, 2.05) is 36.4 Å². The fourth-order valence-corrected chi connectivity index (χ4v) is 2.34. The summed E-state index contributed by atoms with van der Waals surface area (Å²) in [4.78, 5) is 16.9. The average molecular weight is 238 g/mol. The first-order chi connectivity index (χ1) is 8.77. The van der Waals surface area contributed by atoms with Crippen LogP contribution >= 0.6 is 0 Å². The summed E-state index contributed by atoms with van der Waals surface area (Å²) in [6.07, 6.45) is 9.13. The van der Waals surface area contributed by atoms with E-state index in [-0.39, 0.29) is 11.5 Å². The van der Waals surface area contributed by atoms with Gasteiger partial charge in [0.05, 0.1) is 10.9 Å². The van der Waals surface area contributed by atoms with E-state index in [0.29, 0.717) is 5.39 Å². The molecule has 1 aromatic carbocycles. The van der Waals surface area contributed by atoms with E-state index in [0.717, 1.165) is 17.8 Å². The van der Waals surface area contributed by atoms with Crippen molar-refractivity contribution in [2.24, 2.45) is 7.05 Å². The number of nitrogens with zero attached hydrogens (tertiary/aromatic N) is 2. The van der Waals surface area contributed by atoms with Crippen LogP contribution in [0.15, 0.2) is 53.4 Å². The number of hydrogen-bond acceptors (Lipinski definition) is 2. The normalized spacial score (nSPS) is 18.4. The van der Waals surface area contributed by atoms with Crippen molar-refractivity contribution >= 4 is 10.9 Å². The van der Waals surface area contributed by atoms with Crippen molar-refractivity contribution in [3.63, 3.8) is 0 Å². The van der Waals surface area contributed by atoms with Crippen LogP contribution in [0.3, 0.4) is 0 Å². The fraction of sp³-hybridized carbons (Fsp3) is 0.200. The highest BCUT2D eigenvalue weighted by Gasteiger charge is 2.15. The van der Waals surface area contributed by atoms with Gasteiger partial charge < -0.3 is 0 Å². The summed E-state index contributed by atoms with van der Waals surface area (Å²) in [6, 6.07) is 7.50. The Bertz CT molecular complexity index is 710. The minimum atomic E-state index is 0.0264. The van der Waals surface area contributed by atoms with E-state index in [9.17, 15) is 4.79 Å². The molecule has 0 N–H and O–H groups in total. The first kappa shape index (κ1) is 11.0. The van der Waals surface area contributed by atoms with Gasteiger partial charge in [0.25, 0.3) is 5.56 Å². The van der Waals surface area contributed by atoms with Crippen LogP contribution < -0.4 is 5.56 Å². The predicted octanol–water partition coefficient (Wildman–Crippen LogP) is 2.53. The van der Waals surface area contributed by atoms with Gasteiger partial charge in [0.2, 0.25) is 0 Å². The van der Waals surface area contributed by atoms with Crippen molar-refractivity contribution in [1.29, 1.82) is 0 Å². The maximum atomic E-state index is 12.3. The summed E-state index contributed by atoms with van der Waals surface area (Å²) in [6.45, 7) is 0. The first-order valence-electron chi connectivity index (χ1n) is 6.06. The molecule has 1 aromatic heterocycles. The van der Waals surface area contributed by atoms with Crippen molar-refractivity contribution in [1.82, 2.24) is 9.55 Å². The van der Waals surface area contributed by atoms with Gasteiger partial charge in [-0.05, 0) is 18.6 Å². The van der Waals surface area contributed by atoms with Gasteiger partial charge in [0.1, 0.15) is 5.82 Å². The largest absolute Gasteiger partial charge is 0.299 e. The molecule has 2 aromatic rings. The third-order valence-corrected chi connectivity index (χ3v) is 3.33. The van der Waals surface area contributed by atoms with Gasteiger partial charge in [-0.25, -0.2) is 4.98 Å². The van der Waals surface area contributed by atoms with Gasteiger partial charge >= 0.3 is 0 Å². The fourth-order valence-electron chi connectivity index (χ4n) is 2.34. The van der Waals surface area contributed by atoms with Crippen molar-refractivity contribution in [2.75, 3.05) is 0 Å². The minimum Gasteiger partial charge on any atom is -0.299 e. The van der Waals surface area contributed by atoms with Gasteiger partial charge in [-0.2, -0.15) is 0 Å². The summed E-state index contributed by atoms with van der Waals surface area (Å²) in [5, 5.41) is 0.680. The molecule has 0 saturated heterocycles. The first-order valence-corrected chi connectivity index (χ1v) is 6.06. The molecule has 3 heteroatoms. The molecule has 1 unspecified atom stereocenters. The second kappa shape index (κ2) is 4.26. The lowest BCUT2D eigenvalue weighted by molar-refractivity contribution is 0.678. The molecular weight excluding hydrogens is 224 g/mol. The lowest BCUT2D eigenvalue weighted by atomic mass is 9.99. The Balaban J connectivity index is 2.24. The second-order valence-electron chi connectivity index (χ2n) is 4.51. The maximum absolute atomic E-state index is 12.3. The zero-order valence-corrected chi connectivity index (χ0v) is 10.2. The third kappa shape index (κ3) is 1.68. The molecular formula is C15H14N2O. The number of para-hydroxylation sites is 1. The highest BCUT2D eigenvalue weighted by molar-refractivity contribution is 5.77. The Morgan fingerprint density at radius 2 is 2.11 bits per heavy atom. The summed E-state index contributed by atoms with van der Waals surface area (Å²) in [7, 11) is 1.79. The molecule has 0 amide bonds. The molecule has 1 aliphatic rings. The van der Waals surface area contributed by atoms with E-state index >= 15 is 0 Å². The molecule has 1 heterocycles. The highest BCUT2D eigenvalue weighted by Crippen LogP contribution is 2.22. The van der Waals surface area contributed by atoms with E-state index in [1.54, 1.807) is 11.6 Å². The van der Waals surface area contributed by atoms with Gasteiger partial charge in [-0.1, -0.05) is 36.4 Å². The number of benzene rings is 1. The van der Waals surface area contributed by atoms with Crippen molar-refractivity contribution < 1.29 is 0 Å². The summed E-state index contributed by atoms with van der Waals surface area (Å²) in [5.41, 5.74) is 0.803. The van der Waals surface area contributed by atoms with Gasteiger partial charge in [-0.15, -0.1) is 0 Å². The molecule has 0 bridgehead atoms. The topological polar surface area (TPSA) is 34.9 Å². The molecule has 0 spiro atoms. The molecule has 1 atom stereocenters. The lowest BCUT2D eigenvalue weighted by Gasteiger charge is -2.16.